The van der Waals surface area contributed by atoms with Crippen molar-refractivity contribution in [3.63, 3.8) is 0 Å². The van der Waals surface area contributed by atoms with Gasteiger partial charge in [-0.1, -0.05) is 84.9 Å². The summed E-state index contributed by atoms with van der Waals surface area (Å²) in [6, 6.07) is 19.0. The van der Waals surface area contributed by atoms with Gasteiger partial charge in [-0.25, -0.2) is 0 Å². The van der Waals surface area contributed by atoms with Crippen LogP contribution in [0.2, 0.25) is 0 Å². The number of aliphatic imine (C=N–C) groups is 1. The second-order valence-corrected chi connectivity index (χ2v) is 18.6. The zero-order chi connectivity index (χ0) is 52.2. The topological polar surface area (TPSA) is 323 Å². The number of fused-ring (bicyclic) bond motifs is 4. The molecule has 73 heavy (non-hydrogen) atoms. The van der Waals surface area contributed by atoms with Crippen LogP contribution in [-0.2, 0) is 51.2 Å². The van der Waals surface area contributed by atoms with Gasteiger partial charge in [0, 0.05) is 32.5 Å². The fourth-order valence-electron chi connectivity index (χ4n) is 9.48. The van der Waals surface area contributed by atoms with E-state index < -0.39 is 102 Å². The second kappa shape index (κ2) is 24.2. The Morgan fingerprint density at radius 2 is 1.14 bits per heavy atom. The van der Waals surface area contributed by atoms with E-state index in [4.69, 9.17) is 17.2 Å². The van der Waals surface area contributed by atoms with Gasteiger partial charge in [0.1, 0.15) is 42.3 Å². The number of nitrogens with two attached hydrogens (primary N) is 3. The first-order chi connectivity index (χ1) is 35.1. The molecule has 12 N–H and O–H groups in total. The predicted octanol–water partition coefficient (Wildman–Crippen LogP) is 0.246. The molecule has 2 fully saturated rings. The molecular formula is C52H62N12O9. The van der Waals surface area contributed by atoms with Crippen LogP contribution in [0.4, 0.5) is 5.69 Å². The summed E-state index contributed by atoms with van der Waals surface area (Å²) in [6.07, 6.45) is 0.979. The minimum absolute atomic E-state index is 0.0157. The van der Waals surface area contributed by atoms with Crippen molar-refractivity contribution in [1.29, 1.82) is 0 Å². The molecular weight excluding hydrogens is 937 g/mol. The lowest BCUT2D eigenvalue weighted by atomic mass is 10.0. The lowest BCUT2D eigenvalue weighted by molar-refractivity contribution is -0.148. The molecule has 384 valence electrons. The Kier molecular flexibility index (Phi) is 17.4. The molecule has 0 saturated carbocycles. The highest BCUT2D eigenvalue weighted by Gasteiger charge is 2.44. The lowest BCUT2D eigenvalue weighted by Crippen LogP contribution is -2.59. The van der Waals surface area contributed by atoms with Gasteiger partial charge in [0.2, 0.25) is 47.3 Å². The average molecular weight is 999 g/mol. The number of rotatable bonds is 10. The van der Waals surface area contributed by atoms with Gasteiger partial charge in [0.15, 0.2) is 5.96 Å². The number of hydrogen-bond acceptors (Lipinski definition) is 10. The Morgan fingerprint density at radius 3 is 1.77 bits per heavy atom. The van der Waals surface area contributed by atoms with Gasteiger partial charge in [-0.2, -0.15) is 0 Å². The van der Waals surface area contributed by atoms with Crippen molar-refractivity contribution in [2.45, 2.75) is 107 Å². The molecule has 0 unspecified atom stereocenters. The van der Waals surface area contributed by atoms with E-state index in [0.29, 0.717) is 34.7 Å². The third kappa shape index (κ3) is 13.5. The van der Waals surface area contributed by atoms with Gasteiger partial charge in [0.05, 0.1) is 17.7 Å². The summed E-state index contributed by atoms with van der Waals surface area (Å²) in [6.45, 7) is 1.85. The van der Waals surface area contributed by atoms with E-state index in [1.807, 2.05) is 0 Å². The summed E-state index contributed by atoms with van der Waals surface area (Å²) < 4.78 is 0. The number of nitrogens with one attached hydrogen (secondary N) is 6. The summed E-state index contributed by atoms with van der Waals surface area (Å²) >= 11 is 0. The summed E-state index contributed by atoms with van der Waals surface area (Å²) in [5.74, 6) is -6.90. The monoisotopic (exact) mass is 998 g/mol. The normalized spacial score (nSPS) is 23.8. The molecule has 0 aromatic heterocycles. The fourth-order valence-corrected chi connectivity index (χ4v) is 9.48. The highest BCUT2D eigenvalue weighted by atomic mass is 16.2. The lowest BCUT2D eigenvalue weighted by Gasteiger charge is -2.33. The van der Waals surface area contributed by atoms with Gasteiger partial charge < -0.3 is 58.9 Å². The third-order valence-electron chi connectivity index (χ3n) is 13.2. The van der Waals surface area contributed by atoms with Crippen molar-refractivity contribution in [3.05, 3.63) is 114 Å². The zero-order valence-electron chi connectivity index (χ0n) is 40.5. The molecule has 7 atom stereocenters. The van der Waals surface area contributed by atoms with Gasteiger partial charge in [-0.05, 0) is 79.5 Å². The molecule has 0 aliphatic carbocycles. The maximum absolute atomic E-state index is 14.7. The van der Waals surface area contributed by atoms with Gasteiger partial charge >= 0.3 is 0 Å². The number of guanidine groups is 1. The molecule has 21 heteroatoms. The highest BCUT2D eigenvalue weighted by Crippen LogP contribution is 2.28. The Labute approximate surface area is 421 Å². The Balaban J connectivity index is 1.29. The van der Waals surface area contributed by atoms with Gasteiger partial charge in [-0.15, -0.1) is 0 Å². The largest absolute Gasteiger partial charge is 0.370 e. The minimum Gasteiger partial charge on any atom is -0.370 e. The number of hydrogen-bond donors (Lipinski definition) is 9. The standard InChI is InChI=1S/C52H62N12O9/c1-30-44(66)62-40(26-32-15-6-3-7-16-32)50(72)64-24-12-21-42(64)51(73)63-23-11-20-41(63)49(71)58-36(19-10-22-56-52(54)55)46(68)61-38(25-31-13-4-2-5-14-31)48(70)59-37-28-34-18-9-8-17-33(34)27-35(37)45(67)60-39(29-43(53)65)47(69)57-30/h2-9,13-18,27-28,30,36,38-42H,10-12,19-26,29H2,1H3,(H2,53,65)(H,57,69)(H,58,71)(H,59,70)(H,60,67)(H,61,68)(H,62,66)(H4,54,55,56)/t30-,36-,38-,39-,40-,41-,42+/m0/s1. The van der Waals surface area contributed by atoms with Crippen LogP contribution in [0, 0.1) is 0 Å². The maximum atomic E-state index is 14.7. The molecule has 4 aromatic carbocycles. The van der Waals surface area contributed by atoms with E-state index in [2.05, 4.69) is 36.9 Å². The van der Waals surface area contributed by atoms with Crippen molar-refractivity contribution >= 4 is 75.6 Å². The van der Waals surface area contributed by atoms with E-state index in [1.54, 1.807) is 91.0 Å². The molecule has 2 saturated heterocycles. The summed E-state index contributed by atoms with van der Waals surface area (Å²) in [4.78, 5) is 135. The molecule has 3 aliphatic heterocycles. The molecule has 4 aromatic rings. The van der Waals surface area contributed by atoms with Gasteiger partial charge in [0.25, 0.3) is 5.91 Å². The Bertz CT molecular complexity index is 2750. The highest BCUT2D eigenvalue weighted by molar-refractivity contribution is 6.10. The van der Waals surface area contributed by atoms with Crippen LogP contribution in [0.25, 0.3) is 10.8 Å². The predicted molar refractivity (Wildman–Crippen MR) is 271 cm³/mol. The third-order valence-corrected chi connectivity index (χ3v) is 13.2. The van der Waals surface area contributed by atoms with E-state index >= 15 is 0 Å². The summed E-state index contributed by atoms with van der Waals surface area (Å²) in [7, 11) is 0. The van der Waals surface area contributed by atoms with Crippen molar-refractivity contribution in [3.8, 4) is 0 Å². The number of carbonyl (C=O) groups excluding carboxylic acids is 9. The SMILES string of the molecule is C[C@@H]1NC(=O)[C@H](CC(N)=O)NC(=O)c2cc3ccccc3cc2NC(=O)[C@H](Cc2ccccc2)NC(=O)[C@H](CCCN=C(N)N)NC(=O)[C@@H]2CCCN2C(=O)[C@H]2CCCN2C(=O)[C@H](Cc2ccccc2)NC1=O. The molecule has 3 heterocycles. The Hall–Kier alpha value is -8.36. The first-order valence-corrected chi connectivity index (χ1v) is 24.4. The number of nitrogens with zero attached hydrogens (tertiary/aromatic N) is 3. The van der Waals surface area contributed by atoms with Crippen LogP contribution in [0.3, 0.4) is 0 Å². The molecule has 7 rings (SSSR count). The fraction of sp³-hybridized carbons (Fsp3) is 0.385. The van der Waals surface area contributed by atoms with Crippen LogP contribution in [0.5, 0.6) is 0 Å². The molecule has 0 radical (unpaired) electrons. The summed E-state index contributed by atoms with van der Waals surface area (Å²) in [5, 5.41) is 17.5. The number of benzene rings is 4. The molecule has 3 aliphatic rings. The molecule has 0 bridgehead atoms. The van der Waals surface area contributed by atoms with Gasteiger partial charge in [-0.3, -0.25) is 48.1 Å². The number of amides is 9. The smallest absolute Gasteiger partial charge is 0.254 e. The number of primary amides is 1. The number of anilines is 1. The quantitative estimate of drug-likeness (QED) is 0.0589. The van der Waals surface area contributed by atoms with Crippen LogP contribution >= 0.6 is 0 Å². The van der Waals surface area contributed by atoms with Crippen molar-refractivity contribution in [1.82, 2.24) is 36.4 Å². The van der Waals surface area contributed by atoms with E-state index in [1.165, 1.54) is 22.8 Å². The minimum atomic E-state index is -1.62. The molecule has 0 spiro atoms. The maximum Gasteiger partial charge on any atom is 0.254 e. The number of carbonyl (C=O) groups is 9. The molecule has 9 amide bonds. The van der Waals surface area contributed by atoms with E-state index in [9.17, 15) is 43.2 Å². The van der Waals surface area contributed by atoms with Crippen LogP contribution < -0.4 is 49.1 Å². The molecule has 21 nitrogen and oxygen atoms in total. The summed E-state index contributed by atoms with van der Waals surface area (Å²) in [5.41, 5.74) is 17.9. The second-order valence-electron chi connectivity index (χ2n) is 18.6. The van der Waals surface area contributed by atoms with E-state index in [0.717, 1.165) is 0 Å². The van der Waals surface area contributed by atoms with Crippen LogP contribution in [-0.4, -0.2) is 131 Å². The van der Waals surface area contributed by atoms with Crippen molar-refractivity contribution in [2.75, 3.05) is 25.0 Å². The van der Waals surface area contributed by atoms with Crippen LogP contribution in [0.1, 0.15) is 73.4 Å². The van der Waals surface area contributed by atoms with Crippen LogP contribution in [0.15, 0.2) is 102 Å². The average Bonchev–Trinajstić information content (AvgIpc) is 4.08. The first kappa shape index (κ1) is 52.5. The van der Waals surface area contributed by atoms with Crippen molar-refractivity contribution < 1.29 is 43.2 Å². The Morgan fingerprint density at radius 1 is 0.589 bits per heavy atom. The first-order valence-electron chi connectivity index (χ1n) is 24.4. The van der Waals surface area contributed by atoms with Crippen molar-refractivity contribution in [2.24, 2.45) is 22.2 Å². The van der Waals surface area contributed by atoms with E-state index in [-0.39, 0.29) is 75.4 Å². The zero-order valence-corrected chi connectivity index (χ0v) is 40.5.